The Morgan fingerprint density at radius 2 is 1.89 bits per heavy atom. The highest BCUT2D eigenvalue weighted by Gasteiger charge is 2.25. The second kappa shape index (κ2) is 6.57. The molecule has 0 aliphatic carbocycles. The number of morpholine rings is 1. The molecular formula is C15H21NO3. The lowest BCUT2D eigenvalue weighted by molar-refractivity contribution is -0.143. The number of benzene rings is 1. The van der Waals surface area contributed by atoms with Gasteiger partial charge in [-0.15, -0.1) is 0 Å². The van der Waals surface area contributed by atoms with E-state index in [4.69, 9.17) is 9.47 Å². The number of carbonyl (C=O) groups excluding carboxylic acids is 1. The van der Waals surface area contributed by atoms with Gasteiger partial charge in [0.15, 0.2) is 0 Å². The van der Waals surface area contributed by atoms with Gasteiger partial charge in [-0.2, -0.15) is 0 Å². The van der Waals surface area contributed by atoms with E-state index in [9.17, 15) is 4.79 Å². The predicted molar refractivity (Wildman–Crippen MR) is 73.1 cm³/mol. The summed E-state index contributed by atoms with van der Waals surface area (Å²) in [5.41, 5.74) is 0. The molecule has 1 amide bonds. The summed E-state index contributed by atoms with van der Waals surface area (Å²) in [4.78, 5) is 13.9. The summed E-state index contributed by atoms with van der Waals surface area (Å²) >= 11 is 0. The molecule has 1 aliphatic rings. The molecule has 2 atom stereocenters. The standard InChI is InChI=1S/C15H21NO3/c1-12-10-16(11-13(2)19-12)15(17)8-9-18-14-6-4-3-5-7-14/h3-7,12-13H,8-11H2,1-2H3/t12-,13+. The molecular weight excluding hydrogens is 242 g/mol. The molecule has 19 heavy (non-hydrogen) atoms. The van der Waals surface area contributed by atoms with E-state index in [1.165, 1.54) is 0 Å². The number of nitrogens with zero attached hydrogens (tertiary/aromatic N) is 1. The predicted octanol–water partition coefficient (Wildman–Crippen LogP) is 2.09. The molecule has 0 saturated carbocycles. The van der Waals surface area contributed by atoms with Crippen LogP contribution in [0.1, 0.15) is 20.3 Å². The lowest BCUT2D eigenvalue weighted by atomic mass is 10.2. The molecule has 0 radical (unpaired) electrons. The van der Waals surface area contributed by atoms with Crippen LogP contribution in [0.2, 0.25) is 0 Å². The van der Waals surface area contributed by atoms with Crippen LogP contribution >= 0.6 is 0 Å². The van der Waals surface area contributed by atoms with E-state index in [1.54, 1.807) is 0 Å². The van der Waals surface area contributed by atoms with Gasteiger partial charge in [-0.1, -0.05) is 18.2 Å². The molecule has 1 aliphatic heterocycles. The van der Waals surface area contributed by atoms with Gasteiger partial charge >= 0.3 is 0 Å². The molecule has 4 heteroatoms. The number of rotatable bonds is 4. The van der Waals surface area contributed by atoms with Crippen molar-refractivity contribution < 1.29 is 14.3 Å². The van der Waals surface area contributed by atoms with Crippen molar-refractivity contribution in [2.75, 3.05) is 19.7 Å². The fourth-order valence-corrected chi connectivity index (χ4v) is 2.31. The second-order valence-corrected chi connectivity index (χ2v) is 4.97. The van der Waals surface area contributed by atoms with Crippen molar-refractivity contribution in [1.82, 2.24) is 4.90 Å². The van der Waals surface area contributed by atoms with Crippen LogP contribution < -0.4 is 4.74 Å². The van der Waals surface area contributed by atoms with E-state index >= 15 is 0 Å². The number of hydrogen-bond donors (Lipinski definition) is 0. The zero-order valence-corrected chi connectivity index (χ0v) is 11.5. The van der Waals surface area contributed by atoms with E-state index in [2.05, 4.69) is 0 Å². The largest absolute Gasteiger partial charge is 0.493 e. The van der Waals surface area contributed by atoms with E-state index in [0.29, 0.717) is 26.1 Å². The average molecular weight is 263 g/mol. The Morgan fingerprint density at radius 3 is 2.53 bits per heavy atom. The topological polar surface area (TPSA) is 38.8 Å². The van der Waals surface area contributed by atoms with Crippen molar-refractivity contribution in [3.8, 4) is 5.75 Å². The first-order valence-electron chi connectivity index (χ1n) is 6.76. The fraction of sp³-hybridized carbons (Fsp3) is 0.533. The van der Waals surface area contributed by atoms with Gasteiger partial charge in [0.2, 0.25) is 5.91 Å². The van der Waals surface area contributed by atoms with Crippen LogP contribution in [0.15, 0.2) is 30.3 Å². The van der Waals surface area contributed by atoms with Crippen molar-refractivity contribution in [1.29, 1.82) is 0 Å². The summed E-state index contributed by atoms with van der Waals surface area (Å²) in [5.74, 6) is 0.942. The third-order valence-electron chi connectivity index (χ3n) is 3.10. The summed E-state index contributed by atoms with van der Waals surface area (Å²) in [6.07, 6.45) is 0.638. The van der Waals surface area contributed by atoms with E-state index < -0.39 is 0 Å². The lowest BCUT2D eigenvalue weighted by Crippen LogP contribution is -2.48. The third-order valence-corrected chi connectivity index (χ3v) is 3.10. The number of para-hydroxylation sites is 1. The van der Waals surface area contributed by atoms with Crippen molar-refractivity contribution in [3.05, 3.63) is 30.3 Å². The molecule has 0 N–H and O–H groups in total. The molecule has 1 aromatic rings. The highest BCUT2D eigenvalue weighted by molar-refractivity contribution is 5.76. The van der Waals surface area contributed by atoms with Crippen LogP contribution in [0.3, 0.4) is 0 Å². The van der Waals surface area contributed by atoms with Gasteiger partial charge in [0.1, 0.15) is 5.75 Å². The normalized spacial score (nSPS) is 23.2. The number of hydrogen-bond acceptors (Lipinski definition) is 3. The molecule has 0 bridgehead atoms. The minimum Gasteiger partial charge on any atom is -0.493 e. The maximum Gasteiger partial charge on any atom is 0.226 e. The maximum atomic E-state index is 12.1. The smallest absolute Gasteiger partial charge is 0.226 e. The van der Waals surface area contributed by atoms with Gasteiger partial charge in [0, 0.05) is 13.1 Å². The molecule has 1 fully saturated rings. The van der Waals surface area contributed by atoms with Crippen LogP contribution in [0.4, 0.5) is 0 Å². The van der Waals surface area contributed by atoms with Crippen LogP contribution in [0.5, 0.6) is 5.75 Å². The fourth-order valence-electron chi connectivity index (χ4n) is 2.31. The van der Waals surface area contributed by atoms with Gasteiger partial charge in [-0.25, -0.2) is 0 Å². The first-order valence-corrected chi connectivity index (χ1v) is 6.76. The molecule has 0 spiro atoms. The van der Waals surface area contributed by atoms with Crippen molar-refractivity contribution >= 4 is 5.91 Å². The van der Waals surface area contributed by atoms with E-state index in [-0.39, 0.29) is 18.1 Å². The first-order chi connectivity index (χ1) is 9.15. The summed E-state index contributed by atoms with van der Waals surface area (Å²) in [6.45, 7) is 5.76. The molecule has 0 aromatic heterocycles. The van der Waals surface area contributed by atoms with Crippen molar-refractivity contribution in [2.45, 2.75) is 32.5 Å². The van der Waals surface area contributed by atoms with Crippen LogP contribution in [0, 0.1) is 0 Å². The summed E-state index contributed by atoms with van der Waals surface area (Å²) in [5, 5.41) is 0. The Morgan fingerprint density at radius 1 is 1.26 bits per heavy atom. The number of amides is 1. The molecule has 1 saturated heterocycles. The first kappa shape index (κ1) is 13.9. The Hall–Kier alpha value is -1.55. The molecule has 1 aromatic carbocycles. The van der Waals surface area contributed by atoms with Gasteiger partial charge in [0.25, 0.3) is 0 Å². The molecule has 4 nitrogen and oxygen atoms in total. The van der Waals surface area contributed by atoms with Crippen molar-refractivity contribution in [2.24, 2.45) is 0 Å². The minimum absolute atomic E-state index is 0.114. The Kier molecular flexibility index (Phi) is 4.80. The average Bonchev–Trinajstić information content (AvgIpc) is 2.38. The quantitative estimate of drug-likeness (QED) is 0.835. The van der Waals surface area contributed by atoms with Crippen LogP contribution in [-0.2, 0) is 9.53 Å². The SMILES string of the molecule is C[C@@H]1CN(C(=O)CCOc2ccccc2)C[C@H](C)O1. The van der Waals surface area contributed by atoms with Crippen LogP contribution in [-0.4, -0.2) is 42.7 Å². The second-order valence-electron chi connectivity index (χ2n) is 4.97. The summed E-state index contributed by atoms with van der Waals surface area (Å²) in [6, 6.07) is 9.56. The van der Waals surface area contributed by atoms with Gasteiger partial charge in [-0.05, 0) is 26.0 Å². The van der Waals surface area contributed by atoms with E-state index in [1.807, 2.05) is 49.1 Å². The third kappa shape index (κ3) is 4.24. The highest BCUT2D eigenvalue weighted by Crippen LogP contribution is 2.13. The molecule has 104 valence electrons. The zero-order valence-electron chi connectivity index (χ0n) is 11.5. The minimum atomic E-state index is 0.114. The monoisotopic (exact) mass is 263 g/mol. The van der Waals surface area contributed by atoms with Gasteiger partial charge < -0.3 is 14.4 Å². The lowest BCUT2D eigenvalue weighted by Gasteiger charge is -2.35. The number of carbonyl (C=O) groups is 1. The molecule has 0 unspecified atom stereocenters. The number of ether oxygens (including phenoxy) is 2. The Balaban J connectivity index is 1.75. The summed E-state index contributed by atoms with van der Waals surface area (Å²) < 4.78 is 11.2. The highest BCUT2D eigenvalue weighted by atomic mass is 16.5. The van der Waals surface area contributed by atoms with Gasteiger partial charge in [-0.3, -0.25) is 4.79 Å². The Bertz CT molecular complexity index is 397. The summed E-state index contributed by atoms with van der Waals surface area (Å²) in [7, 11) is 0. The van der Waals surface area contributed by atoms with E-state index in [0.717, 1.165) is 5.75 Å². The zero-order chi connectivity index (χ0) is 13.7. The molecule has 2 rings (SSSR count). The van der Waals surface area contributed by atoms with Crippen molar-refractivity contribution in [3.63, 3.8) is 0 Å². The maximum absolute atomic E-state index is 12.1. The van der Waals surface area contributed by atoms with Crippen LogP contribution in [0.25, 0.3) is 0 Å². The Labute approximate surface area is 114 Å². The molecule has 1 heterocycles. The van der Waals surface area contributed by atoms with Gasteiger partial charge in [0.05, 0.1) is 25.2 Å².